The molecule has 2 fully saturated rings. The van der Waals surface area contributed by atoms with E-state index in [2.05, 4.69) is 52.8 Å². The standard InChI is InChI=1S/C19H31N3/c1-16(14-19-8-5-11-20-19)21-18-9-12-22(13-10-18)15-17-6-3-2-4-7-17/h2-4,6-7,16,18-21H,5,8-15H2,1H3. The van der Waals surface area contributed by atoms with Crippen LogP contribution < -0.4 is 10.6 Å². The van der Waals surface area contributed by atoms with Gasteiger partial charge in [0.15, 0.2) is 0 Å². The van der Waals surface area contributed by atoms with Crippen LogP contribution in [0.15, 0.2) is 30.3 Å². The minimum absolute atomic E-state index is 0.640. The molecule has 2 N–H and O–H groups in total. The van der Waals surface area contributed by atoms with Gasteiger partial charge in [-0.15, -0.1) is 0 Å². The Morgan fingerprint density at radius 1 is 1.18 bits per heavy atom. The maximum atomic E-state index is 3.86. The van der Waals surface area contributed by atoms with Crippen LogP contribution in [0, 0.1) is 0 Å². The third-order valence-electron chi connectivity index (χ3n) is 5.16. The van der Waals surface area contributed by atoms with Crippen LogP contribution in [0.25, 0.3) is 0 Å². The Kier molecular flexibility index (Phi) is 5.88. The Labute approximate surface area is 135 Å². The molecule has 0 aromatic heterocycles. The molecule has 0 spiro atoms. The van der Waals surface area contributed by atoms with E-state index in [0.29, 0.717) is 12.1 Å². The molecule has 3 heteroatoms. The lowest BCUT2D eigenvalue weighted by molar-refractivity contribution is 0.183. The fourth-order valence-corrected chi connectivity index (χ4v) is 3.95. The predicted octanol–water partition coefficient (Wildman–Crippen LogP) is 2.77. The molecule has 2 aliphatic heterocycles. The van der Waals surface area contributed by atoms with Gasteiger partial charge in [0.2, 0.25) is 0 Å². The first kappa shape index (κ1) is 16.0. The third kappa shape index (κ3) is 4.80. The second-order valence-corrected chi connectivity index (χ2v) is 7.13. The summed E-state index contributed by atoms with van der Waals surface area (Å²) in [6.07, 6.45) is 6.57. The summed E-state index contributed by atoms with van der Waals surface area (Å²) < 4.78 is 0. The van der Waals surface area contributed by atoms with Crippen molar-refractivity contribution in [1.82, 2.24) is 15.5 Å². The van der Waals surface area contributed by atoms with Gasteiger partial charge in [0.25, 0.3) is 0 Å². The van der Waals surface area contributed by atoms with Crippen LogP contribution in [0.2, 0.25) is 0 Å². The summed E-state index contributed by atoms with van der Waals surface area (Å²) >= 11 is 0. The molecular formula is C19H31N3. The minimum Gasteiger partial charge on any atom is -0.314 e. The molecule has 2 saturated heterocycles. The normalized spacial score (nSPS) is 25.4. The predicted molar refractivity (Wildman–Crippen MR) is 93.0 cm³/mol. The highest BCUT2D eigenvalue weighted by atomic mass is 15.1. The van der Waals surface area contributed by atoms with Crippen molar-refractivity contribution in [2.24, 2.45) is 0 Å². The molecule has 3 rings (SSSR count). The van der Waals surface area contributed by atoms with Crippen LogP contribution in [0.5, 0.6) is 0 Å². The van der Waals surface area contributed by atoms with Crippen molar-refractivity contribution in [3.8, 4) is 0 Å². The van der Waals surface area contributed by atoms with Crippen LogP contribution >= 0.6 is 0 Å². The van der Waals surface area contributed by atoms with Gasteiger partial charge < -0.3 is 10.6 Å². The van der Waals surface area contributed by atoms with Crippen molar-refractivity contribution in [2.75, 3.05) is 19.6 Å². The SMILES string of the molecule is CC(CC1CCCN1)NC1CCN(Cc2ccccc2)CC1. The molecule has 1 aromatic carbocycles. The average molecular weight is 301 g/mol. The van der Waals surface area contributed by atoms with Gasteiger partial charge in [-0.1, -0.05) is 30.3 Å². The Hall–Kier alpha value is -0.900. The second kappa shape index (κ2) is 8.09. The smallest absolute Gasteiger partial charge is 0.0233 e. The second-order valence-electron chi connectivity index (χ2n) is 7.13. The summed E-state index contributed by atoms with van der Waals surface area (Å²) in [4.78, 5) is 2.59. The molecule has 2 atom stereocenters. The number of nitrogens with zero attached hydrogens (tertiary/aromatic N) is 1. The molecule has 0 amide bonds. The van der Waals surface area contributed by atoms with E-state index < -0.39 is 0 Å². The zero-order valence-electron chi connectivity index (χ0n) is 13.9. The van der Waals surface area contributed by atoms with Crippen LogP contribution in [0.3, 0.4) is 0 Å². The molecule has 122 valence electrons. The van der Waals surface area contributed by atoms with E-state index in [1.54, 1.807) is 0 Å². The number of piperidine rings is 1. The lowest BCUT2D eigenvalue weighted by Gasteiger charge is -2.34. The van der Waals surface area contributed by atoms with Gasteiger partial charge in [-0.05, 0) is 64.2 Å². The van der Waals surface area contributed by atoms with E-state index in [0.717, 1.165) is 12.6 Å². The van der Waals surface area contributed by atoms with Crippen LogP contribution in [-0.4, -0.2) is 42.7 Å². The summed E-state index contributed by atoms with van der Waals surface area (Å²) in [6.45, 7) is 7.13. The molecule has 0 bridgehead atoms. The van der Waals surface area contributed by atoms with Crippen molar-refractivity contribution >= 4 is 0 Å². The first-order valence-electron chi connectivity index (χ1n) is 9.05. The average Bonchev–Trinajstić information content (AvgIpc) is 3.03. The Morgan fingerprint density at radius 2 is 1.95 bits per heavy atom. The van der Waals surface area contributed by atoms with Crippen molar-refractivity contribution in [3.63, 3.8) is 0 Å². The molecule has 22 heavy (non-hydrogen) atoms. The summed E-state index contributed by atoms with van der Waals surface area (Å²) in [6, 6.07) is 13.0. The van der Waals surface area contributed by atoms with E-state index in [9.17, 15) is 0 Å². The van der Waals surface area contributed by atoms with E-state index >= 15 is 0 Å². The lowest BCUT2D eigenvalue weighted by Crippen LogP contribution is -2.46. The highest BCUT2D eigenvalue weighted by molar-refractivity contribution is 5.14. The molecule has 2 unspecified atom stereocenters. The van der Waals surface area contributed by atoms with E-state index in [1.807, 2.05) is 0 Å². The Balaban J connectivity index is 1.36. The number of benzene rings is 1. The number of likely N-dealkylation sites (tertiary alicyclic amines) is 1. The monoisotopic (exact) mass is 301 g/mol. The number of nitrogens with one attached hydrogen (secondary N) is 2. The molecule has 1 aromatic rings. The van der Waals surface area contributed by atoms with Gasteiger partial charge >= 0.3 is 0 Å². The van der Waals surface area contributed by atoms with Gasteiger partial charge in [0, 0.05) is 24.7 Å². The molecule has 3 nitrogen and oxygen atoms in total. The summed E-state index contributed by atoms with van der Waals surface area (Å²) in [5.74, 6) is 0. The van der Waals surface area contributed by atoms with Crippen LogP contribution in [0.1, 0.15) is 44.6 Å². The highest BCUT2D eigenvalue weighted by Crippen LogP contribution is 2.16. The van der Waals surface area contributed by atoms with E-state index in [4.69, 9.17) is 0 Å². The highest BCUT2D eigenvalue weighted by Gasteiger charge is 2.22. The van der Waals surface area contributed by atoms with Gasteiger partial charge in [0.1, 0.15) is 0 Å². The lowest BCUT2D eigenvalue weighted by atomic mass is 10.0. The van der Waals surface area contributed by atoms with E-state index in [1.165, 1.54) is 57.3 Å². The zero-order chi connectivity index (χ0) is 15.2. The molecule has 0 radical (unpaired) electrons. The molecule has 2 heterocycles. The van der Waals surface area contributed by atoms with Crippen LogP contribution in [-0.2, 0) is 6.54 Å². The van der Waals surface area contributed by atoms with Crippen molar-refractivity contribution in [1.29, 1.82) is 0 Å². The molecule has 2 aliphatic rings. The summed E-state index contributed by atoms with van der Waals surface area (Å²) in [7, 11) is 0. The topological polar surface area (TPSA) is 27.3 Å². The number of hydrogen-bond donors (Lipinski definition) is 2. The number of rotatable bonds is 6. The fraction of sp³-hybridized carbons (Fsp3) is 0.684. The van der Waals surface area contributed by atoms with Crippen molar-refractivity contribution < 1.29 is 0 Å². The Bertz CT molecular complexity index is 420. The Morgan fingerprint density at radius 3 is 2.64 bits per heavy atom. The first-order chi connectivity index (χ1) is 10.8. The van der Waals surface area contributed by atoms with Crippen molar-refractivity contribution in [3.05, 3.63) is 35.9 Å². The maximum absolute atomic E-state index is 3.86. The first-order valence-corrected chi connectivity index (χ1v) is 9.05. The summed E-state index contributed by atoms with van der Waals surface area (Å²) in [5, 5.41) is 7.47. The van der Waals surface area contributed by atoms with Gasteiger partial charge in [-0.3, -0.25) is 4.90 Å². The largest absolute Gasteiger partial charge is 0.314 e. The van der Waals surface area contributed by atoms with Gasteiger partial charge in [-0.25, -0.2) is 0 Å². The zero-order valence-corrected chi connectivity index (χ0v) is 13.9. The maximum Gasteiger partial charge on any atom is 0.0233 e. The third-order valence-corrected chi connectivity index (χ3v) is 5.16. The molecule has 0 saturated carbocycles. The fourth-order valence-electron chi connectivity index (χ4n) is 3.95. The minimum atomic E-state index is 0.640. The quantitative estimate of drug-likeness (QED) is 0.846. The summed E-state index contributed by atoms with van der Waals surface area (Å²) in [5.41, 5.74) is 1.44. The van der Waals surface area contributed by atoms with Gasteiger partial charge in [-0.2, -0.15) is 0 Å². The van der Waals surface area contributed by atoms with Crippen molar-refractivity contribution in [2.45, 2.75) is 63.7 Å². The van der Waals surface area contributed by atoms with Gasteiger partial charge in [0.05, 0.1) is 0 Å². The van der Waals surface area contributed by atoms with Crippen LogP contribution in [0.4, 0.5) is 0 Å². The van der Waals surface area contributed by atoms with E-state index in [-0.39, 0.29) is 0 Å². The molecular weight excluding hydrogens is 270 g/mol. The number of hydrogen-bond acceptors (Lipinski definition) is 3. The molecule has 0 aliphatic carbocycles.